The lowest BCUT2D eigenvalue weighted by molar-refractivity contribution is 0.0697. The van der Waals surface area contributed by atoms with Gasteiger partial charge in [-0.15, -0.1) is 0 Å². The second-order valence-electron chi connectivity index (χ2n) is 5.28. The molecule has 0 amide bonds. The monoisotopic (exact) mass is 333 g/mol. The van der Waals surface area contributed by atoms with E-state index in [4.69, 9.17) is 17.3 Å². The number of carbonyl (C=O) groups is 1. The van der Waals surface area contributed by atoms with Crippen molar-refractivity contribution >= 4 is 28.9 Å². The smallest absolute Gasteiger partial charge is 0.335 e. The largest absolute Gasteiger partial charge is 0.478 e. The van der Waals surface area contributed by atoms with E-state index in [1.807, 2.05) is 42.5 Å². The Morgan fingerprint density at radius 2 is 1.42 bits per heavy atom. The Kier molecular flexibility index (Phi) is 4.68. The van der Waals surface area contributed by atoms with Gasteiger partial charge in [-0.2, -0.15) is 0 Å². The molecule has 0 saturated heterocycles. The predicted molar refractivity (Wildman–Crippen MR) is 101 cm³/mol. The third-order valence-electron chi connectivity index (χ3n) is 3.62. The number of nitrogens with one attached hydrogen (secondary N) is 1. The summed E-state index contributed by atoms with van der Waals surface area (Å²) in [5.41, 5.74) is 4.04. The topological polar surface area (TPSA) is 49.3 Å². The molecule has 0 heterocycles. The van der Waals surface area contributed by atoms with Crippen LogP contribution in [0.25, 0.3) is 11.1 Å². The molecule has 118 valence electrons. The Balaban J connectivity index is 1.75. The number of anilines is 1. The second-order valence-corrected chi connectivity index (χ2v) is 5.69. The van der Waals surface area contributed by atoms with Crippen LogP contribution >= 0.6 is 12.2 Å². The summed E-state index contributed by atoms with van der Waals surface area (Å²) in [6.07, 6.45) is 0. The Labute approximate surface area is 145 Å². The second kappa shape index (κ2) is 7.06. The average Bonchev–Trinajstić information content (AvgIpc) is 2.63. The molecule has 3 aromatic rings. The van der Waals surface area contributed by atoms with Gasteiger partial charge in [0.25, 0.3) is 0 Å². The van der Waals surface area contributed by atoms with Gasteiger partial charge >= 0.3 is 5.97 Å². The summed E-state index contributed by atoms with van der Waals surface area (Å²) in [7, 11) is 0. The molecule has 4 heteroatoms. The molecule has 3 rings (SSSR count). The van der Waals surface area contributed by atoms with Gasteiger partial charge in [0.05, 0.1) is 5.56 Å². The number of carboxylic acids is 1. The van der Waals surface area contributed by atoms with Crippen molar-refractivity contribution in [2.75, 3.05) is 5.32 Å². The number of aromatic carboxylic acids is 1. The van der Waals surface area contributed by atoms with E-state index < -0.39 is 5.97 Å². The molecule has 0 unspecified atom stereocenters. The highest BCUT2D eigenvalue weighted by Crippen LogP contribution is 2.21. The Morgan fingerprint density at radius 3 is 2.08 bits per heavy atom. The molecule has 0 aliphatic rings. The van der Waals surface area contributed by atoms with Crippen molar-refractivity contribution in [1.82, 2.24) is 0 Å². The highest BCUT2D eigenvalue weighted by atomic mass is 32.1. The molecule has 2 N–H and O–H groups in total. The zero-order valence-electron chi connectivity index (χ0n) is 12.8. The summed E-state index contributed by atoms with van der Waals surface area (Å²) in [6, 6.07) is 24.7. The minimum Gasteiger partial charge on any atom is -0.478 e. The lowest BCUT2D eigenvalue weighted by Crippen LogP contribution is -2.11. The molecular weight excluding hydrogens is 318 g/mol. The summed E-state index contributed by atoms with van der Waals surface area (Å²) in [5.74, 6) is -0.966. The van der Waals surface area contributed by atoms with Gasteiger partial charge in [-0.05, 0) is 35.4 Å². The predicted octanol–water partition coefficient (Wildman–Crippen LogP) is 4.84. The number of carboxylic acid groups (broad SMARTS) is 1. The number of rotatable bonds is 4. The van der Waals surface area contributed by atoms with E-state index in [-0.39, 0.29) is 5.56 Å². The van der Waals surface area contributed by atoms with Gasteiger partial charge in [0.15, 0.2) is 0 Å². The van der Waals surface area contributed by atoms with Crippen molar-refractivity contribution in [2.45, 2.75) is 0 Å². The van der Waals surface area contributed by atoms with E-state index in [0.29, 0.717) is 10.6 Å². The van der Waals surface area contributed by atoms with Gasteiger partial charge in [-0.3, -0.25) is 0 Å². The number of hydrogen-bond donors (Lipinski definition) is 2. The van der Waals surface area contributed by atoms with Crippen molar-refractivity contribution in [2.24, 2.45) is 0 Å². The lowest BCUT2D eigenvalue weighted by Gasteiger charge is -2.10. The van der Waals surface area contributed by atoms with Crippen LogP contribution in [-0.4, -0.2) is 16.1 Å². The van der Waals surface area contributed by atoms with Gasteiger partial charge in [-0.1, -0.05) is 66.8 Å². The van der Waals surface area contributed by atoms with E-state index in [2.05, 4.69) is 17.4 Å². The van der Waals surface area contributed by atoms with Crippen LogP contribution in [0.2, 0.25) is 0 Å². The quantitative estimate of drug-likeness (QED) is 0.671. The molecule has 0 saturated carbocycles. The minimum atomic E-state index is -0.966. The van der Waals surface area contributed by atoms with E-state index in [1.165, 1.54) is 0 Å². The fraction of sp³-hybridized carbons (Fsp3) is 0. The molecule has 0 bridgehead atoms. The molecule has 0 spiro atoms. The Morgan fingerprint density at radius 1 is 0.792 bits per heavy atom. The van der Waals surface area contributed by atoms with Crippen molar-refractivity contribution in [3.05, 3.63) is 90.0 Å². The first-order valence-corrected chi connectivity index (χ1v) is 7.84. The fourth-order valence-electron chi connectivity index (χ4n) is 2.37. The third kappa shape index (κ3) is 3.67. The summed E-state index contributed by atoms with van der Waals surface area (Å²) >= 11 is 5.37. The summed E-state index contributed by atoms with van der Waals surface area (Å²) in [6.45, 7) is 0. The molecule has 0 radical (unpaired) electrons. The molecule has 3 nitrogen and oxygen atoms in total. The zero-order valence-corrected chi connectivity index (χ0v) is 13.6. The highest BCUT2D eigenvalue weighted by Gasteiger charge is 2.07. The Bertz CT molecular complexity index is 874. The van der Waals surface area contributed by atoms with Crippen LogP contribution in [0, 0.1) is 0 Å². The maximum Gasteiger partial charge on any atom is 0.335 e. The van der Waals surface area contributed by atoms with E-state index in [9.17, 15) is 4.79 Å². The number of thiocarbonyl (C=S) groups is 1. The average molecular weight is 333 g/mol. The number of benzene rings is 3. The van der Waals surface area contributed by atoms with Crippen molar-refractivity contribution < 1.29 is 9.90 Å². The van der Waals surface area contributed by atoms with E-state index in [0.717, 1.165) is 16.8 Å². The minimum absolute atomic E-state index is 0.219. The molecule has 0 aliphatic carbocycles. The summed E-state index contributed by atoms with van der Waals surface area (Å²) in [5, 5.41) is 12.2. The van der Waals surface area contributed by atoms with Gasteiger partial charge in [-0.25, -0.2) is 4.79 Å². The van der Waals surface area contributed by atoms with E-state index >= 15 is 0 Å². The van der Waals surface area contributed by atoms with Gasteiger partial charge in [0.1, 0.15) is 4.99 Å². The SMILES string of the molecule is O=C(O)c1cccc(C(=S)Nc2ccc(-c3ccccc3)cc2)c1. The first kappa shape index (κ1) is 15.9. The van der Waals surface area contributed by atoms with Crippen LogP contribution in [0.3, 0.4) is 0 Å². The summed E-state index contributed by atoms with van der Waals surface area (Å²) in [4.78, 5) is 11.5. The maximum atomic E-state index is 11.0. The first-order valence-electron chi connectivity index (χ1n) is 7.44. The van der Waals surface area contributed by atoms with Crippen molar-refractivity contribution in [3.63, 3.8) is 0 Å². The van der Waals surface area contributed by atoms with Crippen LogP contribution in [0.4, 0.5) is 5.69 Å². The molecule has 3 aromatic carbocycles. The van der Waals surface area contributed by atoms with Gasteiger partial charge < -0.3 is 10.4 Å². The maximum absolute atomic E-state index is 11.0. The molecular formula is C20H15NO2S. The van der Waals surface area contributed by atoms with Crippen molar-refractivity contribution in [3.8, 4) is 11.1 Å². The zero-order chi connectivity index (χ0) is 16.9. The van der Waals surface area contributed by atoms with Crippen LogP contribution in [0.15, 0.2) is 78.9 Å². The Hall–Kier alpha value is -2.98. The van der Waals surface area contributed by atoms with Crippen LogP contribution < -0.4 is 5.32 Å². The normalized spacial score (nSPS) is 10.2. The standard InChI is InChI=1S/C20H15NO2S/c22-20(23)17-8-4-7-16(13-17)19(24)21-18-11-9-15(10-12-18)14-5-2-1-3-6-14/h1-13H,(H,21,24)(H,22,23). The number of hydrogen-bond acceptors (Lipinski definition) is 2. The molecule has 24 heavy (non-hydrogen) atoms. The molecule has 0 fully saturated rings. The third-order valence-corrected chi connectivity index (χ3v) is 3.96. The first-order chi connectivity index (χ1) is 11.6. The van der Waals surface area contributed by atoms with Crippen LogP contribution in [0.5, 0.6) is 0 Å². The molecule has 0 aliphatic heterocycles. The molecule has 0 atom stereocenters. The lowest BCUT2D eigenvalue weighted by atomic mass is 10.1. The van der Waals surface area contributed by atoms with E-state index in [1.54, 1.807) is 24.3 Å². The van der Waals surface area contributed by atoms with Gasteiger partial charge in [0.2, 0.25) is 0 Å². The van der Waals surface area contributed by atoms with Crippen molar-refractivity contribution in [1.29, 1.82) is 0 Å². The van der Waals surface area contributed by atoms with Crippen LogP contribution in [0.1, 0.15) is 15.9 Å². The summed E-state index contributed by atoms with van der Waals surface area (Å²) < 4.78 is 0. The van der Waals surface area contributed by atoms with Gasteiger partial charge in [0, 0.05) is 11.3 Å². The highest BCUT2D eigenvalue weighted by molar-refractivity contribution is 7.81. The molecule has 0 aromatic heterocycles. The van der Waals surface area contributed by atoms with Crippen LogP contribution in [-0.2, 0) is 0 Å². The fourth-order valence-corrected chi connectivity index (χ4v) is 2.62.